The number of carbonyl (C=O) groups excluding carboxylic acids is 2. The van der Waals surface area contributed by atoms with Crippen LogP contribution in [-0.2, 0) is 26.0 Å². The van der Waals surface area contributed by atoms with Gasteiger partial charge in [0.1, 0.15) is 12.6 Å². The van der Waals surface area contributed by atoms with Crippen molar-refractivity contribution in [3.05, 3.63) is 95.0 Å². The standard InChI is InChI=1S/C31H38ClN3O4S/c1-6-27(30(37)33-31(3,4)5)34(21-20-24-12-8-7-9-13-24)29(36)22-35(28-15-11-10-14-26(28)32)40(38,39)25-18-16-23(2)17-19-25/h7-19,27H,6,20-22H2,1-5H3,(H,33,37). The zero-order valence-electron chi connectivity index (χ0n) is 23.7. The van der Waals surface area contributed by atoms with E-state index in [0.29, 0.717) is 12.8 Å². The molecule has 1 atom stereocenters. The number of benzene rings is 3. The third kappa shape index (κ3) is 8.08. The van der Waals surface area contributed by atoms with Crippen molar-refractivity contribution in [2.75, 3.05) is 17.4 Å². The third-order valence-electron chi connectivity index (χ3n) is 6.38. The largest absolute Gasteiger partial charge is 0.350 e. The molecule has 214 valence electrons. The number of amides is 2. The summed E-state index contributed by atoms with van der Waals surface area (Å²) >= 11 is 6.46. The van der Waals surface area contributed by atoms with Crippen molar-refractivity contribution in [3.8, 4) is 0 Å². The Morgan fingerprint density at radius 3 is 2.10 bits per heavy atom. The Hall–Kier alpha value is -3.36. The topological polar surface area (TPSA) is 86.8 Å². The van der Waals surface area contributed by atoms with E-state index in [-0.39, 0.29) is 28.1 Å². The Bertz CT molecular complexity index is 1400. The first-order chi connectivity index (χ1) is 18.8. The molecule has 3 rings (SSSR count). The quantitative estimate of drug-likeness (QED) is 0.318. The molecule has 1 unspecified atom stereocenters. The molecule has 0 aliphatic rings. The molecule has 0 aromatic heterocycles. The average Bonchev–Trinajstić information content (AvgIpc) is 2.89. The maximum absolute atomic E-state index is 14.1. The summed E-state index contributed by atoms with van der Waals surface area (Å²) in [6.45, 7) is 9.05. The van der Waals surface area contributed by atoms with E-state index in [1.165, 1.54) is 17.0 Å². The molecule has 0 aliphatic heterocycles. The summed E-state index contributed by atoms with van der Waals surface area (Å²) in [7, 11) is -4.17. The van der Waals surface area contributed by atoms with Crippen LogP contribution >= 0.6 is 11.6 Å². The monoisotopic (exact) mass is 583 g/mol. The van der Waals surface area contributed by atoms with Gasteiger partial charge in [0.15, 0.2) is 0 Å². The smallest absolute Gasteiger partial charge is 0.264 e. The number of aryl methyl sites for hydroxylation is 1. The van der Waals surface area contributed by atoms with Crippen LogP contribution in [0.15, 0.2) is 83.8 Å². The molecule has 40 heavy (non-hydrogen) atoms. The number of hydrogen-bond acceptors (Lipinski definition) is 4. The first-order valence-electron chi connectivity index (χ1n) is 13.3. The summed E-state index contributed by atoms with van der Waals surface area (Å²) in [6.07, 6.45) is 0.863. The van der Waals surface area contributed by atoms with E-state index in [1.54, 1.807) is 36.4 Å². The summed E-state index contributed by atoms with van der Waals surface area (Å²) in [6, 6.07) is 21.8. The molecular weight excluding hydrogens is 546 g/mol. The zero-order valence-corrected chi connectivity index (χ0v) is 25.3. The molecule has 9 heteroatoms. The highest BCUT2D eigenvalue weighted by atomic mass is 35.5. The molecule has 1 N–H and O–H groups in total. The van der Waals surface area contributed by atoms with Gasteiger partial charge in [-0.1, -0.05) is 78.7 Å². The maximum atomic E-state index is 14.1. The van der Waals surface area contributed by atoms with E-state index >= 15 is 0 Å². The second-order valence-corrected chi connectivity index (χ2v) is 13.0. The highest BCUT2D eigenvalue weighted by Crippen LogP contribution is 2.31. The predicted molar refractivity (Wildman–Crippen MR) is 161 cm³/mol. The van der Waals surface area contributed by atoms with Gasteiger partial charge in [0.25, 0.3) is 10.0 Å². The number of nitrogens with one attached hydrogen (secondary N) is 1. The minimum atomic E-state index is -4.17. The SMILES string of the molecule is CCC(C(=O)NC(C)(C)C)N(CCc1ccccc1)C(=O)CN(c1ccccc1Cl)S(=O)(=O)c1ccc(C)cc1. The van der Waals surface area contributed by atoms with Crippen LogP contribution in [0.2, 0.25) is 5.02 Å². The van der Waals surface area contributed by atoms with Gasteiger partial charge in [0, 0.05) is 12.1 Å². The molecule has 0 fully saturated rings. The third-order valence-corrected chi connectivity index (χ3v) is 8.47. The lowest BCUT2D eigenvalue weighted by Crippen LogP contribution is -2.56. The molecule has 7 nitrogen and oxygen atoms in total. The minimum Gasteiger partial charge on any atom is -0.350 e. The summed E-state index contributed by atoms with van der Waals surface area (Å²) in [5.74, 6) is -0.787. The van der Waals surface area contributed by atoms with E-state index in [0.717, 1.165) is 15.4 Å². The van der Waals surface area contributed by atoms with Gasteiger partial charge in [-0.05, 0) is 70.4 Å². The van der Waals surface area contributed by atoms with Gasteiger partial charge in [-0.2, -0.15) is 0 Å². The molecule has 0 saturated heterocycles. The van der Waals surface area contributed by atoms with Gasteiger partial charge in [-0.25, -0.2) is 8.42 Å². The van der Waals surface area contributed by atoms with Crippen LogP contribution in [0, 0.1) is 6.92 Å². The second-order valence-electron chi connectivity index (χ2n) is 10.8. The van der Waals surface area contributed by atoms with Crippen LogP contribution in [0.3, 0.4) is 0 Å². The van der Waals surface area contributed by atoms with Crippen LogP contribution in [0.4, 0.5) is 5.69 Å². The van der Waals surface area contributed by atoms with E-state index < -0.39 is 34.1 Å². The van der Waals surface area contributed by atoms with Crippen LogP contribution in [0.1, 0.15) is 45.2 Å². The Balaban J connectivity index is 2.03. The normalized spacial score (nSPS) is 12.4. The number of rotatable bonds is 11. The van der Waals surface area contributed by atoms with Gasteiger partial charge in [-0.3, -0.25) is 13.9 Å². The van der Waals surface area contributed by atoms with Gasteiger partial charge in [0.2, 0.25) is 11.8 Å². The minimum absolute atomic E-state index is 0.0409. The molecular formula is C31H38ClN3O4S. The number of para-hydroxylation sites is 1. The maximum Gasteiger partial charge on any atom is 0.264 e. The van der Waals surface area contributed by atoms with E-state index in [1.807, 2.05) is 65.0 Å². The fraction of sp³-hybridized carbons (Fsp3) is 0.355. The van der Waals surface area contributed by atoms with Gasteiger partial charge in [-0.15, -0.1) is 0 Å². The number of sulfonamides is 1. The fourth-order valence-corrected chi connectivity index (χ4v) is 6.07. The van der Waals surface area contributed by atoms with Crippen molar-refractivity contribution < 1.29 is 18.0 Å². The number of halogens is 1. The van der Waals surface area contributed by atoms with Crippen LogP contribution in [0.5, 0.6) is 0 Å². The van der Waals surface area contributed by atoms with Crippen molar-refractivity contribution >= 4 is 39.1 Å². The number of carbonyl (C=O) groups is 2. The molecule has 3 aromatic rings. The summed E-state index contributed by atoms with van der Waals surface area (Å²) in [4.78, 5) is 28.9. The van der Waals surface area contributed by atoms with E-state index in [4.69, 9.17) is 11.6 Å². The second kappa shape index (κ2) is 13.3. The summed E-state index contributed by atoms with van der Waals surface area (Å²) < 4.78 is 28.9. The number of anilines is 1. The van der Waals surface area contributed by atoms with Crippen LogP contribution < -0.4 is 9.62 Å². The predicted octanol–water partition coefficient (Wildman–Crippen LogP) is 5.61. The first-order valence-corrected chi connectivity index (χ1v) is 15.1. The number of hydrogen-bond donors (Lipinski definition) is 1. The lowest BCUT2D eigenvalue weighted by Gasteiger charge is -2.35. The fourth-order valence-electron chi connectivity index (χ4n) is 4.35. The van der Waals surface area contributed by atoms with Gasteiger partial charge < -0.3 is 10.2 Å². The van der Waals surface area contributed by atoms with Crippen molar-refractivity contribution in [3.63, 3.8) is 0 Å². The van der Waals surface area contributed by atoms with Crippen LogP contribution in [-0.4, -0.2) is 49.8 Å². The van der Waals surface area contributed by atoms with Crippen molar-refractivity contribution in [2.24, 2.45) is 0 Å². The molecule has 0 spiro atoms. The van der Waals surface area contributed by atoms with Gasteiger partial charge in [0.05, 0.1) is 15.6 Å². The highest BCUT2D eigenvalue weighted by Gasteiger charge is 2.35. The Morgan fingerprint density at radius 1 is 0.925 bits per heavy atom. The van der Waals surface area contributed by atoms with Crippen molar-refractivity contribution in [1.82, 2.24) is 10.2 Å². The summed E-state index contributed by atoms with van der Waals surface area (Å²) in [5.41, 5.74) is 1.59. The Kier molecular flexibility index (Phi) is 10.4. The summed E-state index contributed by atoms with van der Waals surface area (Å²) in [5, 5.41) is 3.17. The molecule has 2 amide bonds. The van der Waals surface area contributed by atoms with Crippen molar-refractivity contribution in [1.29, 1.82) is 0 Å². The van der Waals surface area contributed by atoms with E-state index in [2.05, 4.69) is 5.32 Å². The highest BCUT2D eigenvalue weighted by molar-refractivity contribution is 7.92. The molecule has 3 aromatic carbocycles. The molecule has 0 bridgehead atoms. The Morgan fingerprint density at radius 2 is 1.52 bits per heavy atom. The molecule has 0 radical (unpaired) electrons. The van der Waals surface area contributed by atoms with Crippen LogP contribution in [0.25, 0.3) is 0 Å². The molecule has 0 saturated carbocycles. The first kappa shape index (κ1) is 31.2. The lowest BCUT2D eigenvalue weighted by molar-refractivity contribution is -0.140. The zero-order chi connectivity index (χ0) is 29.5. The van der Waals surface area contributed by atoms with Crippen molar-refractivity contribution in [2.45, 2.75) is 63.9 Å². The Labute approximate surface area is 243 Å². The van der Waals surface area contributed by atoms with Gasteiger partial charge >= 0.3 is 0 Å². The molecule has 0 heterocycles. The number of nitrogens with zero attached hydrogens (tertiary/aromatic N) is 2. The lowest BCUT2D eigenvalue weighted by atomic mass is 10.1. The molecule has 0 aliphatic carbocycles. The average molecular weight is 584 g/mol. The van der Waals surface area contributed by atoms with E-state index in [9.17, 15) is 18.0 Å².